The Morgan fingerprint density at radius 2 is 2.05 bits per heavy atom. The maximum atomic E-state index is 11.7. The van der Waals surface area contributed by atoms with Gasteiger partial charge in [-0.2, -0.15) is 0 Å². The van der Waals surface area contributed by atoms with Crippen molar-refractivity contribution < 1.29 is 4.79 Å². The first-order valence-corrected chi connectivity index (χ1v) is 7.04. The van der Waals surface area contributed by atoms with Gasteiger partial charge >= 0.3 is 0 Å². The fraction of sp³-hybridized carbons (Fsp3) is 0.769. The quantitative estimate of drug-likeness (QED) is 0.738. The molecule has 104 valence electrons. The molecular weight excluding hydrogens is 242 g/mol. The number of aromatic nitrogens is 3. The van der Waals surface area contributed by atoms with Crippen LogP contribution in [0.1, 0.15) is 37.5 Å². The zero-order valence-corrected chi connectivity index (χ0v) is 11.7. The molecule has 1 aromatic heterocycles. The lowest BCUT2D eigenvalue weighted by Gasteiger charge is -2.23. The summed E-state index contributed by atoms with van der Waals surface area (Å²) in [4.78, 5) is 16.0. The second-order valence-electron chi connectivity index (χ2n) is 5.55. The van der Waals surface area contributed by atoms with E-state index >= 15 is 0 Å². The molecule has 0 bridgehead atoms. The summed E-state index contributed by atoms with van der Waals surface area (Å²) in [6.45, 7) is 5.47. The molecule has 6 heteroatoms. The van der Waals surface area contributed by atoms with Crippen molar-refractivity contribution in [1.29, 1.82) is 0 Å². The number of fused-ring (bicyclic) bond motifs is 1. The van der Waals surface area contributed by atoms with E-state index in [4.69, 9.17) is 0 Å². The molecule has 1 atom stereocenters. The van der Waals surface area contributed by atoms with Crippen molar-refractivity contribution in [3.05, 3.63) is 11.6 Å². The van der Waals surface area contributed by atoms with Gasteiger partial charge in [0.2, 0.25) is 5.91 Å². The van der Waals surface area contributed by atoms with Crippen molar-refractivity contribution in [3.63, 3.8) is 0 Å². The van der Waals surface area contributed by atoms with Gasteiger partial charge in [-0.15, -0.1) is 10.2 Å². The maximum Gasteiger partial charge on any atom is 0.220 e. The van der Waals surface area contributed by atoms with Crippen LogP contribution in [0.15, 0.2) is 0 Å². The number of likely N-dealkylation sites (N-methyl/N-ethyl adjacent to an activating group) is 1. The lowest BCUT2D eigenvalue weighted by Crippen LogP contribution is -2.30. The number of rotatable bonds is 1. The summed E-state index contributed by atoms with van der Waals surface area (Å²) in [5.41, 5.74) is 0. The Balaban J connectivity index is 1.90. The van der Waals surface area contributed by atoms with E-state index in [1.807, 2.05) is 4.90 Å². The van der Waals surface area contributed by atoms with Gasteiger partial charge in [0, 0.05) is 39.5 Å². The molecule has 1 aromatic rings. The Morgan fingerprint density at radius 1 is 1.21 bits per heavy atom. The molecule has 3 heterocycles. The van der Waals surface area contributed by atoms with Gasteiger partial charge in [0.1, 0.15) is 5.82 Å². The van der Waals surface area contributed by atoms with Crippen molar-refractivity contribution in [3.8, 4) is 0 Å². The van der Waals surface area contributed by atoms with Gasteiger partial charge in [0.15, 0.2) is 5.82 Å². The van der Waals surface area contributed by atoms with Crippen molar-refractivity contribution in [2.75, 3.05) is 26.7 Å². The molecular formula is C13H21N5O. The fourth-order valence-corrected chi connectivity index (χ4v) is 3.11. The molecule has 6 nitrogen and oxygen atoms in total. The SMILES string of the molecule is CC(=O)N1CCCC1c1nnc2n1CCN(C)CC2. The average molecular weight is 263 g/mol. The highest BCUT2D eigenvalue weighted by atomic mass is 16.2. The minimum atomic E-state index is 0.127. The van der Waals surface area contributed by atoms with Gasteiger partial charge in [0.05, 0.1) is 6.04 Å². The summed E-state index contributed by atoms with van der Waals surface area (Å²) in [5.74, 6) is 2.19. The molecule has 3 rings (SSSR count). The highest BCUT2D eigenvalue weighted by molar-refractivity contribution is 5.74. The minimum Gasteiger partial charge on any atom is -0.333 e. The molecule has 19 heavy (non-hydrogen) atoms. The van der Waals surface area contributed by atoms with Crippen LogP contribution in [0.4, 0.5) is 0 Å². The number of nitrogens with zero attached hydrogens (tertiary/aromatic N) is 5. The molecule has 0 spiro atoms. The standard InChI is InChI=1S/C13H21N5O/c1-10(19)17-6-3-4-11(17)13-15-14-12-5-7-16(2)8-9-18(12)13/h11H,3-9H2,1-2H3. The molecule has 0 aliphatic carbocycles. The molecule has 2 aliphatic heterocycles. The normalized spacial score (nSPS) is 24.3. The largest absolute Gasteiger partial charge is 0.333 e. The third-order valence-electron chi connectivity index (χ3n) is 4.23. The Hall–Kier alpha value is -1.43. The predicted molar refractivity (Wildman–Crippen MR) is 70.6 cm³/mol. The van der Waals surface area contributed by atoms with Gasteiger partial charge in [-0.25, -0.2) is 0 Å². The Bertz CT molecular complexity index is 483. The molecule has 1 amide bonds. The number of hydrogen-bond acceptors (Lipinski definition) is 4. The van der Waals surface area contributed by atoms with Crippen LogP contribution < -0.4 is 0 Å². The summed E-state index contributed by atoms with van der Waals surface area (Å²) in [5, 5.41) is 8.72. The lowest BCUT2D eigenvalue weighted by atomic mass is 10.2. The van der Waals surface area contributed by atoms with E-state index in [2.05, 4.69) is 26.7 Å². The van der Waals surface area contributed by atoms with Gasteiger partial charge in [-0.1, -0.05) is 0 Å². The first-order chi connectivity index (χ1) is 9.16. The van der Waals surface area contributed by atoms with Crippen LogP contribution >= 0.6 is 0 Å². The van der Waals surface area contributed by atoms with Gasteiger partial charge in [0.25, 0.3) is 0 Å². The predicted octanol–water partition coefficient (Wildman–Crippen LogP) is 0.449. The fourth-order valence-electron chi connectivity index (χ4n) is 3.11. The van der Waals surface area contributed by atoms with Crippen LogP contribution in [-0.2, 0) is 17.8 Å². The van der Waals surface area contributed by atoms with Crippen LogP contribution in [0.5, 0.6) is 0 Å². The van der Waals surface area contributed by atoms with Crippen LogP contribution in [-0.4, -0.2) is 57.2 Å². The molecule has 1 saturated heterocycles. The highest BCUT2D eigenvalue weighted by Gasteiger charge is 2.32. The van der Waals surface area contributed by atoms with E-state index in [0.717, 1.165) is 57.1 Å². The van der Waals surface area contributed by atoms with Gasteiger partial charge < -0.3 is 14.4 Å². The molecule has 0 radical (unpaired) electrons. The number of hydrogen-bond donors (Lipinski definition) is 0. The first kappa shape index (κ1) is 12.6. The molecule has 2 aliphatic rings. The van der Waals surface area contributed by atoms with E-state index in [9.17, 15) is 4.79 Å². The molecule has 0 N–H and O–H groups in total. The summed E-state index contributed by atoms with van der Waals surface area (Å²) < 4.78 is 2.23. The lowest BCUT2D eigenvalue weighted by molar-refractivity contribution is -0.129. The van der Waals surface area contributed by atoms with Crippen LogP contribution in [0.25, 0.3) is 0 Å². The number of carbonyl (C=O) groups is 1. The minimum absolute atomic E-state index is 0.127. The van der Waals surface area contributed by atoms with Crippen molar-refractivity contribution in [1.82, 2.24) is 24.6 Å². The monoisotopic (exact) mass is 263 g/mol. The molecule has 1 unspecified atom stereocenters. The van der Waals surface area contributed by atoms with Crippen molar-refractivity contribution in [2.24, 2.45) is 0 Å². The van der Waals surface area contributed by atoms with Crippen LogP contribution in [0, 0.1) is 0 Å². The van der Waals surface area contributed by atoms with Gasteiger partial charge in [-0.3, -0.25) is 4.79 Å². The Morgan fingerprint density at radius 3 is 2.84 bits per heavy atom. The van der Waals surface area contributed by atoms with E-state index < -0.39 is 0 Å². The smallest absolute Gasteiger partial charge is 0.220 e. The zero-order valence-electron chi connectivity index (χ0n) is 11.7. The van der Waals surface area contributed by atoms with Crippen LogP contribution in [0.3, 0.4) is 0 Å². The number of amides is 1. The number of likely N-dealkylation sites (tertiary alicyclic amines) is 1. The Kier molecular flexibility index (Phi) is 3.26. The second kappa shape index (κ2) is 4.92. The van der Waals surface area contributed by atoms with Gasteiger partial charge in [-0.05, 0) is 19.9 Å². The third kappa shape index (κ3) is 2.25. The molecule has 0 aromatic carbocycles. The van der Waals surface area contributed by atoms with E-state index in [1.54, 1.807) is 6.92 Å². The second-order valence-corrected chi connectivity index (χ2v) is 5.55. The molecule has 0 saturated carbocycles. The summed E-state index contributed by atoms with van der Waals surface area (Å²) in [7, 11) is 2.14. The number of carbonyl (C=O) groups excluding carboxylic acids is 1. The summed E-state index contributed by atoms with van der Waals surface area (Å²) in [6.07, 6.45) is 3.01. The third-order valence-corrected chi connectivity index (χ3v) is 4.23. The van der Waals surface area contributed by atoms with Crippen molar-refractivity contribution >= 4 is 5.91 Å². The topological polar surface area (TPSA) is 54.3 Å². The van der Waals surface area contributed by atoms with E-state index in [-0.39, 0.29) is 11.9 Å². The van der Waals surface area contributed by atoms with Crippen LogP contribution in [0.2, 0.25) is 0 Å². The maximum absolute atomic E-state index is 11.7. The Labute approximate surface area is 113 Å². The average Bonchev–Trinajstić information content (AvgIpc) is 2.96. The molecule has 1 fully saturated rings. The van der Waals surface area contributed by atoms with E-state index in [1.165, 1.54) is 0 Å². The first-order valence-electron chi connectivity index (χ1n) is 7.04. The summed E-state index contributed by atoms with van der Waals surface area (Å²) >= 11 is 0. The summed E-state index contributed by atoms with van der Waals surface area (Å²) in [6, 6.07) is 0.127. The highest BCUT2D eigenvalue weighted by Crippen LogP contribution is 2.31. The van der Waals surface area contributed by atoms with Crippen molar-refractivity contribution in [2.45, 2.75) is 38.8 Å². The zero-order chi connectivity index (χ0) is 13.4. The van der Waals surface area contributed by atoms with E-state index in [0.29, 0.717) is 0 Å².